The molecule has 1 N–H and O–H groups in total. The van der Waals surface area contributed by atoms with Gasteiger partial charge < -0.3 is 14.7 Å². The Labute approximate surface area is 169 Å². The van der Waals surface area contributed by atoms with Gasteiger partial charge in [0.05, 0.1) is 17.7 Å². The molecule has 1 aliphatic heterocycles. The molecular weight excluding hydrogens is 374 g/mol. The molecule has 148 valence electrons. The van der Waals surface area contributed by atoms with Crippen LogP contribution in [0.1, 0.15) is 49.2 Å². The van der Waals surface area contributed by atoms with E-state index in [9.17, 15) is 14.7 Å². The number of benzene rings is 1. The van der Waals surface area contributed by atoms with Gasteiger partial charge in [-0.3, -0.25) is 9.59 Å². The van der Waals surface area contributed by atoms with Crippen molar-refractivity contribution in [3.8, 4) is 5.75 Å². The Morgan fingerprint density at radius 3 is 2.64 bits per heavy atom. The van der Waals surface area contributed by atoms with E-state index in [0.717, 1.165) is 16.9 Å². The van der Waals surface area contributed by atoms with Crippen molar-refractivity contribution in [1.82, 2.24) is 4.90 Å². The summed E-state index contributed by atoms with van der Waals surface area (Å²) in [5.41, 5.74) is 1.61. The van der Waals surface area contributed by atoms with Crippen LogP contribution in [-0.4, -0.2) is 34.3 Å². The number of Topliss-reactive ketones (excluding diaryl/α,β-unsaturated/α-hetero) is 1. The molecule has 1 aromatic carbocycles. The molecule has 1 aliphatic rings. The number of aliphatic hydroxyl groups excluding tert-OH is 1. The molecule has 1 amide bonds. The maximum atomic E-state index is 12.8. The molecule has 0 bridgehead atoms. The third kappa shape index (κ3) is 3.69. The number of ketones is 1. The molecule has 1 atom stereocenters. The topological polar surface area (TPSA) is 66.8 Å². The van der Waals surface area contributed by atoms with Gasteiger partial charge in [0.1, 0.15) is 11.5 Å². The minimum absolute atomic E-state index is 0.0127. The summed E-state index contributed by atoms with van der Waals surface area (Å²) in [5, 5.41) is 13.0. The average Bonchev–Trinajstić information content (AvgIpc) is 3.17. The van der Waals surface area contributed by atoms with Crippen molar-refractivity contribution in [3.05, 3.63) is 57.3 Å². The van der Waals surface area contributed by atoms with E-state index in [0.29, 0.717) is 17.9 Å². The van der Waals surface area contributed by atoms with Crippen molar-refractivity contribution in [2.24, 2.45) is 0 Å². The zero-order chi connectivity index (χ0) is 20.4. The number of hydrogen-bond acceptors (Lipinski definition) is 5. The maximum absolute atomic E-state index is 12.8. The van der Waals surface area contributed by atoms with Crippen molar-refractivity contribution in [3.63, 3.8) is 0 Å². The molecule has 2 heterocycles. The lowest BCUT2D eigenvalue weighted by atomic mass is 9.98. The van der Waals surface area contributed by atoms with Gasteiger partial charge in [-0.1, -0.05) is 19.1 Å². The summed E-state index contributed by atoms with van der Waals surface area (Å²) in [7, 11) is 0. The summed E-state index contributed by atoms with van der Waals surface area (Å²) in [4.78, 5) is 28.0. The first-order chi connectivity index (χ1) is 13.3. The first-order valence-electron chi connectivity index (χ1n) is 9.44. The van der Waals surface area contributed by atoms with E-state index in [1.807, 2.05) is 39.1 Å². The molecule has 28 heavy (non-hydrogen) atoms. The number of amides is 1. The van der Waals surface area contributed by atoms with E-state index in [1.54, 1.807) is 29.2 Å². The SMILES string of the molecule is CCCN1C(=O)C(=O)/C(=C(\O)c2cccc(OC(C)C)c2)C1c1sccc1C. The number of rotatable bonds is 6. The van der Waals surface area contributed by atoms with E-state index >= 15 is 0 Å². The van der Waals surface area contributed by atoms with E-state index in [1.165, 1.54) is 11.3 Å². The molecule has 0 radical (unpaired) electrons. The quantitative estimate of drug-likeness (QED) is 0.435. The van der Waals surface area contributed by atoms with Crippen molar-refractivity contribution in [1.29, 1.82) is 0 Å². The van der Waals surface area contributed by atoms with Crippen LogP contribution >= 0.6 is 11.3 Å². The van der Waals surface area contributed by atoms with Gasteiger partial charge in [-0.2, -0.15) is 0 Å². The molecule has 5 nitrogen and oxygen atoms in total. The van der Waals surface area contributed by atoms with Gasteiger partial charge in [0.25, 0.3) is 11.7 Å². The fourth-order valence-corrected chi connectivity index (χ4v) is 4.48. The molecule has 0 saturated carbocycles. The van der Waals surface area contributed by atoms with Gasteiger partial charge in [0.2, 0.25) is 0 Å². The normalized spacial score (nSPS) is 18.9. The second-order valence-electron chi connectivity index (χ2n) is 7.15. The summed E-state index contributed by atoms with van der Waals surface area (Å²) in [6.45, 7) is 8.21. The smallest absolute Gasteiger partial charge is 0.295 e. The number of ether oxygens (including phenoxy) is 1. The van der Waals surface area contributed by atoms with Crippen LogP contribution in [-0.2, 0) is 9.59 Å². The lowest BCUT2D eigenvalue weighted by Crippen LogP contribution is -2.30. The van der Waals surface area contributed by atoms with Crippen LogP contribution < -0.4 is 4.74 Å². The number of nitrogens with zero attached hydrogens (tertiary/aromatic N) is 1. The fourth-order valence-electron chi connectivity index (χ4n) is 3.43. The van der Waals surface area contributed by atoms with Crippen LogP contribution in [0.2, 0.25) is 0 Å². The van der Waals surface area contributed by atoms with Crippen LogP contribution in [0.15, 0.2) is 41.3 Å². The Balaban J connectivity index is 2.14. The molecule has 0 spiro atoms. The molecule has 0 aliphatic carbocycles. The largest absolute Gasteiger partial charge is 0.507 e. The number of hydrogen-bond donors (Lipinski definition) is 1. The van der Waals surface area contributed by atoms with Gasteiger partial charge in [0.15, 0.2) is 0 Å². The van der Waals surface area contributed by atoms with Crippen molar-refractivity contribution in [2.45, 2.75) is 46.3 Å². The number of carbonyl (C=O) groups excluding carboxylic acids is 2. The minimum Gasteiger partial charge on any atom is -0.507 e. The van der Waals surface area contributed by atoms with E-state index in [4.69, 9.17) is 4.74 Å². The number of thiophene rings is 1. The van der Waals surface area contributed by atoms with Crippen molar-refractivity contribution >= 4 is 28.8 Å². The van der Waals surface area contributed by atoms with E-state index < -0.39 is 17.7 Å². The van der Waals surface area contributed by atoms with Crippen molar-refractivity contribution in [2.75, 3.05) is 6.54 Å². The van der Waals surface area contributed by atoms with Gasteiger partial charge in [-0.15, -0.1) is 11.3 Å². The summed E-state index contributed by atoms with van der Waals surface area (Å²) in [5.74, 6) is -0.760. The molecule has 2 aromatic rings. The number of likely N-dealkylation sites (tertiary alicyclic amines) is 1. The second-order valence-corrected chi connectivity index (χ2v) is 8.10. The van der Waals surface area contributed by atoms with Gasteiger partial charge in [-0.25, -0.2) is 0 Å². The summed E-state index contributed by atoms with van der Waals surface area (Å²) in [6, 6.07) is 8.38. The maximum Gasteiger partial charge on any atom is 0.295 e. The lowest BCUT2D eigenvalue weighted by molar-refractivity contribution is -0.139. The highest BCUT2D eigenvalue weighted by Gasteiger charge is 2.46. The summed E-state index contributed by atoms with van der Waals surface area (Å²) < 4.78 is 5.70. The Bertz CT molecular complexity index is 928. The summed E-state index contributed by atoms with van der Waals surface area (Å²) in [6.07, 6.45) is 0.715. The average molecular weight is 400 g/mol. The van der Waals surface area contributed by atoms with Crippen LogP contribution in [0.3, 0.4) is 0 Å². The predicted molar refractivity (Wildman–Crippen MR) is 111 cm³/mol. The van der Waals surface area contributed by atoms with Crippen molar-refractivity contribution < 1.29 is 19.4 Å². The molecule has 1 fully saturated rings. The molecule has 6 heteroatoms. The standard InChI is InChI=1S/C22H25NO4S/c1-5-10-23-18(21-14(4)9-11-28-21)17(20(25)22(23)26)19(24)15-7-6-8-16(12-15)27-13(2)3/h6-9,11-13,18,24H,5,10H2,1-4H3/b19-17-. The monoisotopic (exact) mass is 399 g/mol. The van der Waals surface area contributed by atoms with Crippen LogP contribution in [0.25, 0.3) is 5.76 Å². The zero-order valence-corrected chi connectivity index (χ0v) is 17.4. The number of aryl methyl sites for hydroxylation is 1. The van der Waals surface area contributed by atoms with Crippen LogP contribution in [0.5, 0.6) is 5.75 Å². The third-order valence-corrected chi connectivity index (χ3v) is 5.71. The zero-order valence-electron chi connectivity index (χ0n) is 16.6. The minimum atomic E-state index is -0.640. The first-order valence-corrected chi connectivity index (χ1v) is 10.3. The number of carbonyl (C=O) groups is 2. The molecule has 3 rings (SSSR count). The molecular formula is C22H25NO4S. The molecule has 1 aromatic heterocycles. The van der Waals surface area contributed by atoms with Gasteiger partial charge in [0, 0.05) is 17.0 Å². The van der Waals surface area contributed by atoms with Gasteiger partial charge in [-0.05, 0) is 56.3 Å². The van der Waals surface area contributed by atoms with Crippen LogP contribution in [0.4, 0.5) is 0 Å². The molecule has 1 saturated heterocycles. The number of aliphatic hydroxyl groups is 1. The highest BCUT2D eigenvalue weighted by atomic mass is 32.1. The lowest BCUT2D eigenvalue weighted by Gasteiger charge is -2.24. The third-order valence-electron chi connectivity index (χ3n) is 4.63. The summed E-state index contributed by atoms with van der Waals surface area (Å²) >= 11 is 1.49. The first kappa shape index (κ1) is 20.1. The molecule has 1 unspecified atom stereocenters. The van der Waals surface area contributed by atoms with Gasteiger partial charge >= 0.3 is 0 Å². The highest BCUT2D eigenvalue weighted by Crippen LogP contribution is 2.42. The van der Waals surface area contributed by atoms with Crippen LogP contribution in [0, 0.1) is 6.92 Å². The predicted octanol–water partition coefficient (Wildman–Crippen LogP) is 4.68. The Morgan fingerprint density at radius 1 is 1.29 bits per heavy atom. The Hall–Kier alpha value is -2.60. The highest BCUT2D eigenvalue weighted by molar-refractivity contribution is 7.10. The Morgan fingerprint density at radius 2 is 2.04 bits per heavy atom. The van der Waals surface area contributed by atoms with E-state index in [-0.39, 0.29) is 17.4 Å². The Kier molecular flexibility index (Phi) is 5.89. The van der Waals surface area contributed by atoms with E-state index in [2.05, 4.69) is 0 Å². The fraction of sp³-hybridized carbons (Fsp3) is 0.364. The second kappa shape index (κ2) is 8.19.